The summed E-state index contributed by atoms with van der Waals surface area (Å²) in [5, 5.41) is 3.34. The molecule has 0 atom stereocenters. The van der Waals surface area contributed by atoms with E-state index < -0.39 is 0 Å². The molecule has 0 aliphatic heterocycles. The number of hydrogen-bond donors (Lipinski definition) is 1. The van der Waals surface area contributed by atoms with E-state index in [0.29, 0.717) is 12.6 Å². The molecule has 108 valence electrons. The van der Waals surface area contributed by atoms with Gasteiger partial charge in [-0.15, -0.1) is 0 Å². The number of halogens is 1. The Hall–Kier alpha value is -1.68. The van der Waals surface area contributed by atoms with Crippen LogP contribution in [-0.2, 0) is 13.0 Å². The molecule has 2 rings (SSSR count). The van der Waals surface area contributed by atoms with E-state index in [1.54, 1.807) is 12.3 Å². The van der Waals surface area contributed by atoms with Crippen LogP contribution >= 0.6 is 0 Å². The van der Waals surface area contributed by atoms with Crippen molar-refractivity contribution in [3.05, 3.63) is 47.8 Å². The number of aryl methyl sites for hydroxylation is 1. The van der Waals surface area contributed by atoms with Gasteiger partial charge in [0.2, 0.25) is 0 Å². The van der Waals surface area contributed by atoms with Crippen molar-refractivity contribution in [3.63, 3.8) is 0 Å². The predicted molar refractivity (Wildman–Crippen MR) is 79.5 cm³/mol. The molecule has 1 heterocycles. The average Bonchev–Trinajstić information content (AvgIpc) is 2.85. The highest BCUT2D eigenvalue weighted by Crippen LogP contribution is 2.19. The molecule has 0 aliphatic carbocycles. The number of nitrogens with zero attached hydrogens (tertiary/aromatic N) is 2. The highest BCUT2D eigenvalue weighted by molar-refractivity contribution is 5.42. The summed E-state index contributed by atoms with van der Waals surface area (Å²) in [5.74, 6) is 0.816. The Morgan fingerprint density at radius 1 is 1.35 bits per heavy atom. The van der Waals surface area contributed by atoms with Crippen LogP contribution in [-0.4, -0.2) is 15.6 Å². The average molecular weight is 275 g/mol. The van der Waals surface area contributed by atoms with Crippen LogP contribution in [0.3, 0.4) is 0 Å². The first-order valence-corrected chi connectivity index (χ1v) is 7.16. The second-order valence-electron chi connectivity index (χ2n) is 5.27. The summed E-state index contributed by atoms with van der Waals surface area (Å²) in [5.41, 5.74) is 1.95. The summed E-state index contributed by atoms with van der Waals surface area (Å²) in [6.07, 6.45) is 5.70. The maximum Gasteiger partial charge on any atom is 0.123 e. The molecule has 0 fully saturated rings. The lowest BCUT2D eigenvalue weighted by molar-refractivity contribution is 0.579. The van der Waals surface area contributed by atoms with E-state index in [4.69, 9.17) is 0 Å². The molecule has 1 aromatic heterocycles. The van der Waals surface area contributed by atoms with Crippen molar-refractivity contribution in [1.82, 2.24) is 14.9 Å². The van der Waals surface area contributed by atoms with Crippen LogP contribution in [0.15, 0.2) is 30.6 Å². The normalized spacial score (nSPS) is 11.2. The van der Waals surface area contributed by atoms with E-state index in [9.17, 15) is 4.39 Å². The van der Waals surface area contributed by atoms with Crippen LogP contribution in [0.5, 0.6) is 0 Å². The lowest BCUT2D eigenvalue weighted by atomic mass is 10.1. The fourth-order valence-corrected chi connectivity index (χ4v) is 2.21. The molecular formula is C16H22FN3. The lowest BCUT2D eigenvalue weighted by Gasteiger charge is -2.15. The Morgan fingerprint density at radius 3 is 2.85 bits per heavy atom. The van der Waals surface area contributed by atoms with Gasteiger partial charge in [-0.05, 0) is 30.2 Å². The number of imidazole rings is 1. The van der Waals surface area contributed by atoms with Crippen LogP contribution in [0.25, 0.3) is 5.69 Å². The van der Waals surface area contributed by atoms with Crippen molar-refractivity contribution < 1.29 is 4.39 Å². The third-order valence-corrected chi connectivity index (χ3v) is 3.19. The Morgan fingerprint density at radius 2 is 2.15 bits per heavy atom. The topological polar surface area (TPSA) is 29.9 Å². The maximum atomic E-state index is 13.5. The van der Waals surface area contributed by atoms with Gasteiger partial charge in [0.25, 0.3) is 0 Å². The van der Waals surface area contributed by atoms with Gasteiger partial charge >= 0.3 is 0 Å². The van der Waals surface area contributed by atoms with E-state index in [1.807, 2.05) is 12.3 Å². The van der Waals surface area contributed by atoms with Crippen molar-refractivity contribution in [2.24, 2.45) is 0 Å². The fourth-order valence-electron chi connectivity index (χ4n) is 2.21. The minimum atomic E-state index is -0.202. The first kappa shape index (κ1) is 14.7. The molecule has 4 heteroatoms. The van der Waals surface area contributed by atoms with Gasteiger partial charge in [-0.2, -0.15) is 0 Å². The van der Waals surface area contributed by atoms with E-state index in [0.717, 1.165) is 29.9 Å². The van der Waals surface area contributed by atoms with Gasteiger partial charge in [-0.1, -0.05) is 20.8 Å². The quantitative estimate of drug-likeness (QED) is 0.875. The first-order valence-electron chi connectivity index (χ1n) is 7.16. The lowest BCUT2D eigenvalue weighted by Crippen LogP contribution is -2.23. The smallest absolute Gasteiger partial charge is 0.123 e. The molecular weight excluding hydrogens is 253 g/mol. The molecule has 0 saturated carbocycles. The summed E-state index contributed by atoms with van der Waals surface area (Å²) in [6.45, 7) is 6.94. The number of aromatic nitrogens is 2. The van der Waals surface area contributed by atoms with Crippen molar-refractivity contribution in [2.75, 3.05) is 0 Å². The first-order chi connectivity index (χ1) is 9.61. The van der Waals surface area contributed by atoms with E-state index >= 15 is 0 Å². The van der Waals surface area contributed by atoms with Crippen LogP contribution in [0.2, 0.25) is 0 Å². The van der Waals surface area contributed by atoms with Crippen LogP contribution < -0.4 is 5.32 Å². The van der Waals surface area contributed by atoms with Gasteiger partial charge in [0.05, 0.1) is 5.69 Å². The highest BCUT2D eigenvalue weighted by atomic mass is 19.1. The van der Waals surface area contributed by atoms with E-state index in [-0.39, 0.29) is 5.82 Å². The third kappa shape index (κ3) is 3.45. The summed E-state index contributed by atoms with van der Waals surface area (Å²) < 4.78 is 15.6. The van der Waals surface area contributed by atoms with Crippen LogP contribution in [0, 0.1) is 5.82 Å². The second kappa shape index (κ2) is 6.66. The summed E-state index contributed by atoms with van der Waals surface area (Å²) in [7, 11) is 0. The molecule has 0 amide bonds. The molecule has 2 aromatic rings. The second-order valence-corrected chi connectivity index (χ2v) is 5.27. The Bertz CT molecular complexity index is 561. The molecule has 0 unspecified atom stereocenters. The minimum Gasteiger partial charge on any atom is -0.310 e. The predicted octanol–water partition coefficient (Wildman–Crippen LogP) is 3.46. The molecule has 20 heavy (non-hydrogen) atoms. The van der Waals surface area contributed by atoms with Crippen molar-refractivity contribution in [1.29, 1.82) is 0 Å². The fraction of sp³-hybridized carbons (Fsp3) is 0.438. The Balaban J connectivity index is 2.36. The standard InChI is InChI=1S/C16H22FN3/c1-4-5-16-18-8-9-20(16)15-7-6-14(17)10-13(15)11-19-12(2)3/h6-10,12,19H,4-5,11H2,1-3H3. The monoisotopic (exact) mass is 275 g/mol. The summed E-state index contributed by atoms with van der Waals surface area (Å²) in [6, 6.07) is 5.29. The van der Waals surface area contributed by atoms with E-state index in [2.05, 4.69) is 35.6 Å². The van der Waals surface area contributed by atoms with Crippen LogP contribution in [0.4, 0.5) is 4.39 Å². The molecule has 0 bridgehead atoms. The molecule has 1 aromatic carbocycles. The SMILES string of the molecule is CCCc1nccn1-c1ccc(F)cc1CNC(C)C. The van der Waals surface area contributed by atoms with Gasteiger partial charge in [0, 0.05) is 31.4 Å². The number of hydrogen-bond acceptors (Lipinski definition) is 2. The molecule has 0 radical (unpaired) electrons. The molecule has 0 saturated heterocycles. The van der Waals surface area contributed by atoms with Gasteiger partial charge in [-0.25, -0.2) is 9.37 Å². The Kier molecular flexibility index (Phi) is 4.90. The zero-order chi connectivity index (χ0) is 14.5. The summed E-state index contributed by atoms with van der Waals surface area (Å²) in [4.78, 5) is 4.39. The van der Waals surface area contributed by atoms with Gasteiger partial charge in [-0.3, -0.25) is 0 Å². The number of rotatable bonds is 6. The molecule has 1 N–H and O–H groups in total. The van der Waals surface area contributed by atoms with Gasteiger partial charge in [0.1, 0.15) is 11.6 Å². The molecule has 0 aliphatic rings. The minimum absolute atomic E-state index is 0.202. The third-order valence-electron chi connectivity index (χ3n) is 3.19. The van der Waals surface area contributed by atoms with Gasteiger partial charge in [0.15, 0.2) is 0 Å². The maximum absolute atomic E-state index is 13.5. The zero-order valence-corrected chi connectivity index (χ0v) is 12.4. The zero-order valence-electron chi connectivity index (χ0n) is 12.4. The molecule has 0 spiro atoms. The number of benzene rings is 1. The molecule has 3 nitrogen and oxygen atoms in total. The largest absolute Gasteiger partial charge is 0.310 e. The van der Waals surface area contributed by atoms with Crippen molar-refractivity contribution >= 4 is 0 Å². The highest BCUT2D eigenvalue weighted by Gasteiger charge is 2.10. The summed E-state index contributed by atoms with van der Waals surface area (Å²) >= 11 is 0. The van der Waals surface area contributed by atoms with Crippen molar-refractivity contribution in [3.8, 4) is 5.69 Å². The van der Waals surface area contributed by atoms with Crippen LogP contribution in [0.1, 0.15) is 38.6 Å². The van der Waals surface area contributed by atoms with Gasteiger partial charge < -0.3 is 9.88 Å². The Labute approximate surface area is 119 Å². The van der Waals surface area contributed by atoms with E-state index in [1.165, 1.54) is 6.07 Å². The van der Waals surface area contributed by atoms with Crippen molar-refractivity contribution in [2.45, 2.75) is 46.2 Å². The number of nitrogens with one attached hydrogen (secondary N) is 1.